The predicted octanol–water partition coefficient (Wildman–Crippen LogP) is 2.49. The lowest BCUT2D eigenvalue weighted by molar-refractivity contribution is 0.0521. The Balaban J connectivity index is 1.98. The van der Waals surface area contributed by atoms with Crippen molar-refractivity contribution in [3.8, 4) is 0 Å². The highest BCUT2D eigenvalue weighted by Gasteiger charge is 2.23. The van der Waals surface area contributed by atoms with Crippen molar-refractivity contribution in [2.45, 2.75) is 19.9 Å². The lowest BCUT2D eigenvalue weighted by Gasteiger charge is -2.30. The number of amides is 2. The molecule has 0 aromatic carbocycles. The minimum absolute atomic E-state index is 0.0189. The molecule has 1 unspecified atom stereocenters. The highest BCUT2D eigenvalue weighted by molar-refractivity contribution is 7.10. The third-order valence-corrected chi connectivity index (χ3v) is 4.05. The second-order valence-electron chi connectivity index (χ2n) is 4.79. The summed E-state index contributed by atoms with van der Waals surface area (Å²) in [4.78, 5) is 15.2. The van der Waals surface area contributed by atoms with E-state index in [9.17, 15) is 4.79 Å². The Labute approximate surface area is 112 Å². The summed E-state index contributed by atoms with van der Waals surface area (Å²) in [5, 5.41) is 5.18. The van der Waals surface area contributed by atoms with Crippen LogP contribution in [0.25, 0.3) is 0 Å². The molecular weight excluding hydrogens is 248 g/mol. The van der Waals surface area contributed by atoms with E-state index in [1.165, 1.54) is 4.88 Å². The van der Waals surface area contributed by atoms with E-state index in [0.29, 0.717) is 32.2 Å². The van der Waals surface area contributed by atoms with Crippen molar-refractivity contribution in [2.24, 2.45) is 5.92 Å². The molecule has 2 rings (SSSR count). The summed E-state index contributed by atoms with van der Waals surface area (Å²) < 4.78 is 5.25. The molecule has 0 aliphatic carbocycles. The second-order valence-corrected chi connectivity index (χ2v) is 5.77. The predicted molar refractivity (Wildman–Crippen MR) is 72.8 cm³/mol. The molecule has 1 saturated heterocycles. The van der Waals surface area contributed by atoms with Gasteiger partial charge < -0.3 is 15.0 Å². The number of urea groups is 1. The van der Waals surface area contributed by atoms with Crippen LogP contribution in [-0.4, -0.2) is 37.2 Å². The zero-order chi connectivity index (χ0) is 13.0. The van der Waals surface area contributed by atoms with Gasteiger partial charge in [0.05, 0.1) is 19.3 Å². The van der Waals surface area contributed by atoms with Gasteiger partial charge in [0.2, 0.25) is 0 Å². The highest BCUT2D eigenvalue weighted by Crippen LogP contribution is 2.25. The molecule has 1 fully saturated rings. The van der Waals surface area contributed by atoms with E-state index < -0.39 is 0 Å². The lowest BCUT2D eigenvalue weighted by atomic mass is 10.0. The van der Waals surface area contributed by atoms with E-state index in [4.69, 9.17) is 4.74 Å². The molecule has 100 valence electrons. The average Bonchev–Trinajstić information content (AvgIpc) is 2.90. The molecule has 4 nitrogen and oxygen atoms in total. The van der Waals surface area contributed by atoms with E-state index in [2.05, 4.69) is 25.2 Å². The molecule has 1 aliphatic rings. The van der Waals surface area contributed by atoms with Crippen LogP contribution in [0, 0.1) is 5.92 Å². The maximum Gasteiger partial charge on any atom is 0.318 e. The molecular formula is C13H20N2O2S. The van der Waals surface area contributed by atoms with Gasteiger partial charge in [0.1, 0.15) is 0 Å². The Morgan fingerprint density at radius 1 is 1.44 bits per heavy atom. The summed E-state index contributed by atoms with van der Waals surface area (Å²) in [5.74, 6) is 0.383. The van der Waals surface area contributed by atoms with Crippen LogP contribution in [0.3, 0.4) is 0 Å². The van der Waals surface area contributed by atoms with Gasteiger partial charge in [0.15, 0.2) is 0 Å². The monoisotopic (exact) mass is 268 g/mol. The Morgan fingerprint density at radius 3 is 2.72 bits per heavy atom. The molecule has 0 radical (unpaired) electrons. The van der Waals surface area contributed by atoms with Gasteiger partial charge in [-0.2, -0.15) is 0 Å². The maximum atomic E-state index is 12.2. The summed E-state index contributed by atoms with van der Waals surface area (Å²) in [6.45, 7) is 6.90. The lowest BCUT2D eigenvalue weighted by Crippen LogP contribution is -2.47. The number of nitrogens with one attached hydrogen (secondary N) is 1. The van der Waals surface area contributed by atoms with Gasteiger partial charge in [-0.05, 0) is 17.4 Å². The molecule has 18 heavy (non-hydrogen) atoms. The third-order valence-electron chi connectivity index (χ3n) is 3.09. The third kappa shape index (κ3) is 3.23. The molecule has 0 spiro atoms. The molecule has 2 heterocycles. The number of carbonyl (C=O) groups excluding carboxylic acids is 1. The fraction of sp³-hybridized carbons (Fsp3) is 0.615. The summed E-state index contributed by atoms with van der Waals surface area (Å²) in [5.41, 5.74) is 0. The van der Waals surface area contributed by atoms with E-state index in [1.54, 1.807) is 11.3 Å². The number of thiophene rings is 1. The first-order valence-electron chi connectivity index (χ1n) is 6.35. The fourth-order valence-corrected chi connectivity index (χ4v) is 2.97. The van der Waals surface area contributed by atoms with Crippen LogP contribution >= 0.6 is 11.3 Å². The van der Waals surface area contributed by atoms with Crippen LogP contribution in [0.4, 0.5) is 4.79 Å². The summed E-state index contributed by atoms with van der Waals surface area (Å²) >= 11 is 1.69. The van der Waals surface area contributed by atoms with Crippen molar-refractivity contribution in [3.63, 3.8) is 0 Å². The van der Waals surface area contributed by atoms with Crippen molar-refractivity contribution >= 4 is 17.4 Å². The Bertz CT molecular complexity index is 372. The first kappa shape index (κ1) is 13.4. The second kappa shape index (κ2) is 6.20. The zero-order valence-corrected chi connectivity index (χ0v) is 11.7. The Hall–Kier alpha value is -1.07. The van der Waals surface area contributed by atoms with Crippen LogP contribution < -0.4 is 5.32 Å². The van der Waals surface area contributed by atoms with E-state index >= 15 is 0 Å². The number of morpholine rings is 1. The topological polar surface area (TPSA) is 41.6 Å². The summed E-state index contributed by atoms with van der Waals surface area (Å²) in [7, 11) is 0. The molecule has 1 N–H and O–H groups in total. The number of carbonyl (C=O) groups is 1. The van der Waals surface area contributed by atoms with Gasteiger partial charge in [-0.3, -0.25) is 0 Å². The van der Waals surface area contributed by atoms with Gasteiger partial charge >= 0.3 is 6.03 Å². The summed E-state index contributed by atoms with van der Waals surface area (Å²) in [6, 6.07) is 4.22. The van der Waals surface area contributed by atoms with Gasteiger partial charge in [-0.15, -0.1) is 11.3 Å². The fourth-order valence-electron chi connectivity index (χ4n) is 2.03. The van der Waals surface area contributed by atoms with E-state index in [0.717, 1.165) is 0 Å². The quantitative estimate of drug-likeness (QED) is 0.915. The van der Waals surface area contributed by atoms with Crippen LogP contribution in [0.5, 0.6) is 0 Å². The standard InChI is InChI=1S/C13H20N2O2S/c1-10(2)12(11-4-3-9-18-11)14-13(16)15-5-7-17-8-6-15/h3-4,9-10,12H,5-8H2,1-2H3,(H,14,16). The van der Waals surface area contributed by atoms with Crippen LogP contribution in [0.1, 0.15) is 24.8 Å². The average molecular weight is 268 g/mol. The molecule has 1 aromatic heterocycles. The summed E-state index contributed by atoms with van der Waals surface area (Å²) in [6.07, 6.45) is 0. The normalized spacial score (nSPS) is 17.8. The first-order valence-corrected chi connectivity index (χ1v) is 7.23. The SMILES string of the molecule is CC(C)C(NC(=O)N1CCOCC1)c1cccs1. The van der Waals surface area contributed by atoms with Gasteiger partial charge in [0.25, 0.3) is 0 Å². The molecule has 5 heteroatoms. The van der Waals surface area contributed by atoms with Crippen molar-refractivity contribution in [1.82, 2.24) is 10.2 Å². The molecule has 0 saturated carbocycles. The van der Waals surface area contributed by atoms with Crippen molar-refractivity contribution < 1.29 is 9.53 Å². The van der Waals surface area contributed by atoms with E-state index in [1.807, 2.05) is 16.3 Å². The first-order chi connectivity index (χ1) is 8.68. The van der Waals surface area contributed by atoms with Gasteiger partial charge in [-0.25, -0.2) is 4.79 Å². The van der Waals surface area contributed by atoms with Crippen molar-refractivity contribution in [3.05, 3.63) is 22.4 Å². The zero-order valence-electron chi connectivity index (χ0n) is 10.9. The van der Waals surface area contributed by atoms with Crippen LogP contribution in [-0.2, 0) is 4.74 Å². The highest BCUT2D eigenvalue weighted by atomic mass is 32.1. The minimum atomic E-state index is 0.0189. The van der Waals surface area contributed by atoms with Crippen LogP contribution in [0.2, 0.25) is 0 Å². The molecule has 2 amide bonds. The number of hydrogen-bond donors (Lipinski definition) is 1. The van der Waals surface area contributed by atoms with Gasteiger partial charge in [0, 0.05) is 18.0 Å². The molecule has 0 bridgehead atoms. The van der Waals surface area contributed by atoms with Crippen LogP contribution in [0.15, 0.2) is 17.5 Å². The molecule has 1 atom stereocenters. The number of hydrogen-bond acceptors (Lipinski definition) is 3. The van der Waals surface area contributed by atoms with Gasteiger partial charge in [-0.1, -0.05) is 19.9 Å². The molecule has 1 aliphatic heterocycles. The number of rotatable bonds is 3. The van der Waals surface area contributed by atoms with E-state index in [-0.39, 0.29) is 12.1 Å². The van der Waals surface area contributed by atoms with Crippen molar-refractivity contribution in [2.75, 3.05) is 26.3 Å². The largest absolute Gasteiger partial charge is 0.378 e. The minimum Gasteiger partial charge on any atom is -0.378 e. The maximum absolute atomic E-state index is 12.2. The number of ether oxygens (including phenoxy) is 1. The smallest absolute Gasteiger partial charge is 0.318 e. The molecule has 1 aromatic rings. The van der Waals surface area contributed by atoms with Crippen molar-refractivity contribution in [1.29, 1.82) is 0 Å². The Kier molecular flexibility index (Phi) is 4.60. The Morgan fingerprint density at radius 2 is 2.17 bits per heavy atom. The number of nitrogens with zero attached hydrogens (tertiary/aromatic N) is 1.